The van der Waals surface area contributed by atoms with Gasteiger partial charge in [-0.2, -0.15) is 0 Å². The maximum atomic E-state index is 12.5. The molecule has 3 heterocycles. The number of anilines is 1. The zero-order valence-corrected chi connectivity index (χ0v) is 16.9. The molecule has 7 heteroatoms. The number of hydrogen-bond donors (Lipinski definition) is 0. The quantitative estimate of drug-likeness (QED) is 0.446. The fourth-order valence-corrected chi connectivity index (χ4v) is 3.83. The molecule has 0 radical (unpaired) electrons. The monoisotopic (exact) mass is 416 g/mol. The van der Waals surface area contributed by atoms with Gasteiger partial charge in [0.2, 0.25) is 11.7 Å². The zero-order valence-electron chi connectivity index (χ0n) is 16.9. The van der Waals surface area contributed by atoms with Crippen LogP contribution in [0.25, 0.3) is 22.5 Å². The lowest BCUT2D eigenvalue weighted by Crippen LogP contribution is -2.27. The third-order valence-electron chi connectivity index (χ3n) is 5.45. The van der Waals surface area contributed by atoms with Gasteiger partial charge in [-0.15, -0.1) is 0 Å². The highest BCUT2D eigenvalue weighted by molar-refractivity contribution is 6.00. The maximum Gasteiger partial charge on any atom is 0.311 e. The van der Waals surface area contributed by atoms with E-state index in [2.05, 4.69) is 5.16 Å². The molecule has 4 aromatic rings. The maximum absolute atomic E-state index is 12.5. The Bertz CT molecular complexity index is 1240. The minimum Gasteiger partial charge on any atom is -0.459 e. The van der Waals surface area contributed by atoms with E-state index in [1.165, 1.54) is 0 Å². The van der Waals surface area contributed by atoms with Crippen LogP contribution in [0, 0.1) is 12.8 Å². The lowest BCUT2D eigenvalue weighted by Gasteiger charge is -2.18. The first-order valence-corrected chi connectivity index (χ1v) is 10.1. The van der Waals surface area contributed by atoms with Crippen molar-refractivity contribution in [2.24, 2.45) is 5.92 Å². The molecule has 1 aliphatic heterocycles. The number of carbonyl (C=O) groups excluding carboxylic acids is 2. The third-order valence-corrected chi connectivity index (χ3v) is 5.45. The first kappa shape index (κ1) is 19.1. The Morgan fingerprint density at radius 3 is 2.77 bits per heavy atom. The molecule has 0 bridgehead atoms. The van der Waals surface area contributed by atoms with Crippen molar-refractivity contribution in [3.63, 3.8) is 0 Å². The number of furan rings is 1. The van der Waals surface area contributed by atoms with Gasteiger partial charge in [-0.05, 0) is 30.7 Å². The topological polar surface area (TPSA) is 85.8 Å². The van der Waals surface area contributed by atoms with E-state index in [-0.39, 0.29) is 18.9 Å². The van der Waals surface area contributed by atoms with Crippen LogP contribution in [0.2, 0.25) is 0 Å². The summed E-state index contributed by atoms with van der Waals surface area (Å²) in [5.41, 5.74) is 3.05. The largest absolute Gasteiger partial charge is 0.459 e. The summed E-state index contributed by atoms with van der Waals surface area (Å²) in [6.07, 6.45) is 0.135. The lowest BCUT2D eigenvalue weighted by atomic mass is 10.1. The summed E-state index contributed by atoms with van der Waals surface area (Å²) in [5.74, 6) is 0.0157. The van der Waals surface area contributed by atoms with E-state index in [1.54, 1.807) is 11.0 Å². The molecule has 31 heavy (non-hydrogen) atoms. The van der Waals surface area contributed by atoms with Gasteiger partial charge in [0.25, 0.3) is 0 Å². The molecule has 0 N–H and O–H groups in total. The number of rotatable bonds is 5. The second-order valence-electron chi connectivity index (χ2n) is 7.63. The molecule has 0 spiro atoms. The van der Waals surface area contributed by atoms with Crippen LogP contribution in [-0.2, 0) is 20.9 Å². The predicted octanol–water partition coefficient (Wildman–Crippen LogP) is 4.49. The number of esters is 1. The molecule has 0 aliphatic carbocycles. The van der Waals surface area contributed by atoms with Crippen molar-refractivity contribution in [1.29, 1.82) is 0 Å². The van der Waals surface area contributed by atoms with E-state index < -0.39 is 11.9 Å². The van der Waals surface area contributed by atoms with Gasteiger partial charge in [0, 0.05) is 30.1 Å². The molecule has 1 unspecified atom stereocenters. The van der Waals surface area contributed by atoms with Crippen LogP contribution in [0.1, 0.15) is 17.7 Å². The molecule has 1 atom stereocenters. The molecule has 5 rings (SSSR count). The van der Waals surface area contributed by atoms with Gasteiger partial charge in [0.05, 0.1) is 5.92 Å². The number of aromatic nitrogens is 1. The number of fused-ring (bicyclic) bond motifs is 1. The summed E-state index contributed by atoms with van der Waals surface area (Å²) in [5, 5.41) is 4.92. The van der Waals surface area contributed by atoms with Crippen LogP contribution in [-0.4, -0.2) is 23.6 Å². The summed E-state index contributed by atoms with van der Waals surface area (Å²) in [6.45, 7) is 2.22. The highest BCUT2D eigenvalue weighted by Gasteiger charge is 2.36. The summed E-state index contributed by atoms with van der Waals surface area (Å²) < 4.78 is 16.5. The van der Waals surface area contributed by atoms with Gasteiger partial charge >= 0.3 is 5.97 Å². The fraction of sp³-hybridized carbons (Fsp3) is 0.208. The Kier molecular flexibility index (Phi) is 4.78. The van der Waals surface area contributed by atoms with Gasteiger partial charge in [-0.25, -0.2) is 0 Å². The van der Waals surface area contributed by atoms with Crippen molar-refractivity contribution in [2.75, 3.05) is 11.4 Å². The van der Waals surface area contributed by atoms with Crippen molar-refractivity contribution in [3.05, 3.63) is 71.9 Å². The number of nitrogens with zero attached hydrogens (tertiary/aromatic N) is 2. The Hall–Kier alpha value is -3.87. The molecule has 7 nitrogen and oxygen atoms in total. The summed E-state index contributed by atoms with van der Waals surface area (Å²) in [4.78, 5) is 26.6. The number of aryl methyl sites for hydroxylation is 1. The SMILES string of the molecule is Cc1ccccc1N1CC(C(=O)OCc2cc(-c3cc4ccccc4o3)on2)CC1=O. The minimum atomic E-state index is -0.506. The number of carbonyl (C=O) groups is 2. The van der Waals surface area contributed by atoms with Crippen molar-refractivity contribution in [1.82, 2.24) is 5.16 Å². The molecule has 156 valence electrons. The van der Waals surface area contributed by atoms with E-state index in [4.69, 9.17) is 13.7 Å². The molecule has 2 aromatic carbocycles. The van der Waals surface area contributed by atoms with Crippen LogP contribution >= 0.6 is 0 Å². The van der Waals surface area contributed by atoms with E-state index >= 15 is 0 Å². The van der Waals surface area contributed by atoms with E-state index in [1.807, 2.05) is 61.5 Å². The first-order chi connectivity index (χ1) is 15.1. The van der Waals surface area contributed by atoms with Gasteiger partial charge in [0.15, 0.2) is 5.76 Å². The molecule has 1 saturated heterocycles. The number of hydrogen-bond acceptors (Lipinski definition) is 6. The summed E-state index contributed by atoms with van der Waals surface area (Å²) in [7, 11) is 0. The smallest absolute Gasteiger partial charge is 0.311 e. The van der Waals surface area contributed by atoms with Gasteiger partial charge in [-0.1, -0.05) is 41.6 Å². The van der Waals surface area contributed by atoms with Crippen molar-refractivity contribution in [3.8, 4) is 11.5 Å². The number of amides is 1. The fourth-order valence-electron chi connectivity index (χ4n) is 3.83. The van der Waals surface area contributed by atoms with Gasteiger partial charge in [0.1, 0.15) is 17.9 Å². The van der Waals surface area contributed by atoms with Crippen LogP contribution in [0.4, 0.5) is 5.69 Å². The average Bonchev–Trinajstić information content (AvgIpc) is 3.50. The second kappa shape index (κ2) is 7.75. The van der Waals surface area contributed by atoms with Crippen LogP contribution in [0.3, 0.4) is 0 Å². The first-order valence-electron chi connectivity index (χ1n) is 10.1. The molecule has 0 saturated carbocycles. The molecular weight excluding hydrogens is 396 g/mol. The number of para-hydroxylation sites is 2. The van der Waals surface area contributed by atoms with Gasteiger partial charge in [-0.3, -0.25) is 9.59 Å². The van der Waals surface area contributed by atoms with Crippen LogP contribution in [0.15, 0.2) is 69.6 Å². The van der Waals surface area contributed by atoms with E-state index in [9.17, 15) is 9.59 Å². The highest BCUT2D eigenvalue weighted by Crippen LogP contribution is 2.30. The second-order valence-corrected chi connectivity index (χ2v) is 7.63. The molecular formula is C24H20N2O5. The lowest BCUT2D eigenvalue weighted by molar-refractivity contribution is -0.149. The molecule has 1 aliphatic rings. The van der Waals surface area contributed by atoms with Gasteiger partial charge < -0.3 is 18.6 Å². The minimum absolute atomic E-state index is 0.0301. The zero-order chi connectivity index (χ0) is 21.4. The van der Waals surface area contributed by atoms with Crippen molar-refractivity contribution < 1.29 is 23.3 Å². The van der Waals surface area contributed by atoms with Crippen LogP contribution < -0.4 is 4.90 Å². The Balaban J connectivity index is 1.22. The normalized spacial score (nSPS) is 16.2. The molecule has 2 aromatic heterocycles. The van der Waals surface area contributed by atoms with E-state index in [0.29, 0.717) is 23.8 Å². The Labute approximate surface area is 178 Å². The van der Waals surface area contributed by atoms with E-state index in [0.717, 1.165) is 22.2 Å². The summed E-state index contributed by atoms with van der Waals surface area (Å²) >= 11 is 0. The Morgan fingerprint density at radius 2 is 1.94 bits per heavy atom. The predicted molar refractivity (Wildman–Crippen MR) is 113 cm³/mol. The van der Waals surface area contributed by atoms with Crippen molar-refractivity contribution >= 4 is 28.5 Å². The number of benzene rings is 2. The molecule has 1 amide bonds. The van der Waals surface area contributed by atoms with Crippen LogP contribution in [0.5, 0.6) is 0 Å². The molecule has 1 fully saturated rings. The average molecular weight is 416 g/mol. The standard InChI is InChI=1S/C24H20N2O5/c1-15-6-2-4-8-19(15)26-13-17(11-23(26)27)24(28)29-14-18-12-22(31-25-18)21-10-16-7-3-5-9-20(16)30-21/h2-10,12,17H,11,13-14H2,1H3. The van der Waals surface area contributed by atoms with Crippen molar-refractivity contribution in [2.45, 2.75) is 20.0 Å². The number of ether oxygens (including phenoxy) is 1. The Morgan fingerprint density at radius 1 is 1.13 bits per heavy atom. The third kappa shape index (κ3) is 3.70. The summed E-state index contributed by atoms with van der Waals surface area (Å²) in [6, 6.07) is 18.8. The highest BCUT2D eigenvalue weighted by atomic mass is 16.5.